The summed E-state index contributed by atoms with van der Waals surface area (Å²) in [6.45, 7) is 6.02. The van der Waals surface area contributed by atoms with E-state index in [9.17, 15) is 0 Å². The van der Waals surface area contributed by atoms with E-state index < -0.39 is 0 Å². The van der Waals surface area contributed by atoms with E-state index in [1.165, 1.54) is 5.56 Å². The Morgan fingerprint density at radius 2 is 2.26 bits per heavy atom. The highest BCUT2D eigenvalue weighted by atomic mass is 16.5. The standard InChI is InChI=1S/C15H21N3O/c1-12(14-5-4-6-15(11-14)19-3)16-7-9-18-10-8-17-13(18)2/h4-6,8,10-12,16H,7,9H2,1-3H3/t12-/m0/s1. The largest absolute Gasteiger partial charge is 0.497 e. The smallest absolute Gasteiger partial charge is 0.119 e. The van der Waals surface area contributed by atoms with Gasteiger partial charge in [-0.3, -0.25) is 0 Å². The minimum atomic E-state index is 0.305. The molecule has 1 atom stereocenters. The van der Waals surface area contributed by atoms with Crippen LogP contribution < -0.4 is 10.1 Å². The first-order valence-corrected chi connectivity index (χ1v) is 6.56. The molecule has 0 saturated carbocycles. The van der Waals surface area contributed by atoms with E-state index in [4.69, 9.17) is 4.74 Å². The fourth-order valence-corrected chi connectivity index (χ4v) is 2.07. The Labute approximate surface area is 114 Å². The van der Waals surface area contributed by atoms with E-state index in [0.29, 0.717) is 6.04 Å². The summed E-state index contributed by atoms with van der Waals surface area (Å²) in [4.78, 5) is 4.21. The van der Waals surface area contributed by atoms with E-state index in [2.05, 4.69) is 33.9 Å². The molecule has 0 radical (unpaired) electrons. The number of nitrogens with zero attached hydrogens (tertiary/aromatic N) is 2. The third-order valence-corrected chi connectivity index (χ3v) is 3.32. The van der Waals surface area contributed by atoms with Gasteiger partial charge in [0, 0.05) is 31.5 Å². The first-order valence-electron chi connectivity index (χ1n) is 6.56. The van der Waals surface area contributed by atoms with Crippen molar-refractivity contribution in [2.75, 3.05) is 13.7 Å². The van der Waals surface area contributed by atoms with Gasteiger partial charge in [0.2, 0.25) is 0 Å². The van der Waals surface area contributed by atoms with Crippen molar-refractivity contribution in [1.29, 1.82) is 0 Å². The monoisotopic (exact) mass is 259 g/mol. The van der Waals surface area contributed by atoms with E-state index in [1.807, 2.05) is 31.5 Å². The summed E-state index contributed by atoms with van der Waals surface area (Å²) in [5, 5.41) is 3.51. The molecule has 0 aliphatic rings. The summed E-state index contributed by atoms with van der Waals surface area (Å²) in [6.07, 6.45) is 3.84. The Kier molecular flexibility index (Phi) is 4.58. The van der Waals surface area contributed by atoms with Crippen LogP contribution in [0.2, 0.25) is 0 Å². The zero-order valence-electron chi connectivity index (χ0n) is 11.8. The van der Waals surface area contributed by atoms with Gasteiger partial charge in [0.15, 0.2) is 0 Å². The molecule has 4 nitrogen and oxygen atoms in total. The summed E-state index contributed by atoms with van der Waals surface area (Å²) in [5.74, 6) is 1.95. The lowest BCUT2D eigenvalue weighted by molar-refractivity contribution is 0.413. The van der Waals surface area contributed by atoms with Gasteiger partial charge in [0.1, 0.15) is 11.6 Å². The molecule has 0 aliphatic heterocycles. The number of hydrogen-bond acceptors (Lipinski definition) is 3. The van der Waals surface area contributed by atoms with Crippen LogP contribution in [0.5, 0.6) is 5.75 Å². The molecule has 1 heterocycles. The lowest BCUT2D eigenvalue weighted by atomic mass is 10.1. The van der Waals surface area contributed by atoms with Gasteiger partial charge in [0.05, 0.1) is 7.11 Å². The molecule has 0 bridgehead atoms. The summed E-state index contributed by atoms with van der Waals surface area (Å²) in [6, 6.07) is 8.47. The predicted octanol–water partition coefficient (Wildman–Crippen LogP) is 2.55. The molecule has 2 aromatic rings. The van der Waals surface area contributed by atoms with Gasteiger partial charge < -0.3 is 14.6 Å². The molecule has 1 aromatic heterocycles. The Bertz CT molecular complexity index is 522. The van der Waals surface area contributed by atoms with E-state index in [-0.39, 0.29) is 0 Å². The quantitative estimate of drug-likeness (QED) is 0.866. The molecule has 102 valence electrons. The van der Waals surface area contributed by atoms with Crippen molar-refractivity contribution in [3.8, 4) is 5.75 Å². The van der Waals surface area contributed by atoms with Crippen LogP contribution in [0.1, 0.15) is 24.4 Å². The Morgan fingerprint density at radius 3 is 2.95 bits per heavy atom. The van der Waals surface area contributed by atoms with Crippen molar-refractivity contribution in [2.45, 2.75) is 26.4 Å². The van der Waals surface area contributed by atoms with E-state index >= 15 is 0 Å². The SMILES string of the molecule is COc1cccc([C@H](C)NCCn2ccnc2C)c1. The average molecular weight is 259 g/mol. The van der Waals surface area contributed by atoms with Gasteiger partial charge in [-0.2, -0.15) is 0 Å². The van der Waals surface area contributed by atoms with Gasteiger partial charge in [-0.1, -0.05) is 12.1 Å². The van der Waals surface area contributed by atoms with Gasteiger partial charge in [-0.15, -0.1) is 0 Å². The summed E-state index contributed by atoms with van der Waals surface area (Å²) in [5.41, 5.74) is 1.24. The number of nitrogens with one attached hydrogen (secondary N) is 1. The summed E-state index contributed by atoms with van der Waals surface area (Å²) in [7, 11) is 1.69. The fraction of sp³-hybridized carbons (Fsp3) is 0.400. The second-order valence-corrected chi connectivity index (χ2v) is 4.62. The molecule has 0 unspecified atom stereocenters. The Balaban J connectivity index is 1.87. The molecule has 19 heavy (non-hydrogen) atoms. The number of aryl methyl sites for hydroxylation is 1. The molecule has 4 heteroatoms. The molecule has 0 fully saturated rings. The minimum absolute atomic E-state index is 0.305. The highest BCUT2D eigenvalue weighted by molar-refractivity contribution is 5.30. The van der Waals surface area contributed by atoms with Crippen molar-refractivity contribution in [2.24, 2.45) is 0 Å². The Hall–Kier alpha value is -1.81. The number of benzene rings is 1. The minimum Gasteiger partial charge on any atom is -0.497 e. The highest BCUT2D eigenvalue weighted by Gasteiger charge is 2.05. The second-order valence-electron chi connectivity index (χ2n) is 4.62. The zero-order chi connectivity index (χ0) is 13.7. The maximum Gasteiger partial charge on any atom is 0.119 e. The molecule has 1 aromatic carbocycles. The van der Waals surface area contributed by atoms with Crippen molar-refractivity contribution in [3.05, 3.63) is 48.0 Å². The fourth-order valence-electron chi connectivity index (χ4n) is 2.07. The number of hydrogen-bond donors (Lipinski definition) is 1. The molecule has 2 rings (SSSR count). The Morgan fingerprint density at radius 1 is 1.42 bits per heavy atom. The predicted molar refractivity (Wildman–Crippen MR) is 76.4 cm³/mol. The topological polar surface area (TPSA) is 39.1 Å². The van der Waals surface area contributed by atoms with Gasteiger partial charge >= 0.3 is 0 Å². The summed E-state index contributed by atoms with van der Waals surface area (Å²) < 4.78 is 7.39. The van der Waals surface area contributed by atoms with E-state index in [0.717, 1.165) is 24.7 Å². The molecular weight excluding hydrogens is 238 g/mol. The van der Waals surface area contributed by atoms with Crippen LogP contribution >= 0.6 is 0 Å². The number of imidazole rings is 1. The molecule has 1 N–H and O–H groups in total. The molecule has 0 saturated heterocycles. The van der Waals surface area contributed by atoms with Crippen molar-refractivity contribution in [1.82, 2.24) is 14.9 Å². The van der Waals surface area contributed by atoms with Gasteiger partial charge in [-0.25, -0.2) is 4.98 Å². The van der Waals surface area contributed by atoms with Crippen LogP contribution in [0.25, 0.3) is 0 Å². The number of rotatable bonds is 6. The zero-order valence-corrected chi connectivity index (χ0v) is 11.8. The number of ether oxygens (including phenoxy) is 1. The van der Waals surface area contributed by atoms with Crippen molar-refractivity contribution >= 4 is 0 Å². The maximum atomic E-state index is 5.24. The first kappa shape index (κ1) is 13.6. The molecule has 0 spiro atoms. The lowest BCUT2D eigenvalue weighted by Gasteiger charge is -2.15. The van der Waals surface area contributed by atoms with Gasteiger partial charge in [-0.05, 0) is 31.5 Å². The van der Waals surface area contributed by atoms with Gasteiger partial charge in [0.25, 0.3) is 0 Å². The molecular formula is C15H21N3O. The normalized spacial score (nSPS) is 12.4. The van der Waals surface area contributed by atoms with Crippen LogP contribution in [-0.2, 0) is 6.54 Å². The van der Waals surface area contributed by atoms with Crippen LogP contribution in [0, 0.1) is 6.92 Å². The average Bonchev–Trinajstić information content (AvgIpc) is 2.84. The molecule has 0 amide bonds. The van der Waals surface area contributed by atoms with E-state index in [1.54, 1.807) is 7.11 Å². The number of aromatic nitrogens is 2. The van der Waals surface area contributed by atoms with Crippen molar-refractivity contribution in [3.63, 3.8) is 0 Å². The van der Waals surface area contributed by atoms with Crippen LogP contribution in [0.3, 0.4) is 0 Å². The first-order chi connectivity index (χ1) is 9.20. The van der Waals surface area contributed by atoms with Crippen LogP contribution in [0.4, 0.5) is 0 Å². The highest BCUT2D eigenvalue weighted by Crippen LogP contribution is 2.18. The van der Waals surface area contributed by atoms with Crippen molar-refractivity contribution < 1.29 is 4.74 Å². The third kappa shape index (κ3) is 3.58. The summed E-state index contributed by atoms with van der Waals surface area (Å²) >= 11 is 0. The lowest BCUT2D eigenvalue weighted by Crippen LogP contribution is -2.23. The maximum absolute atomic E-state index is 5.24. The second kappa shape index (κ2) is 6.38. The van der Waals surface area contributed by atoms with Crippen LogP contribution in [-0.4, -0.2) is 23.2 Å². The molecule has 0 aliphatic carbocycles. The number of methoxy groups -OCH3 is 1. The third-order valence-electron chi connectivity index (χ3n) is 3.32. The van der Waals surface area contributed by atoms with Crippen LogP contribution in [0.15, 0.2) is 36.7 Å².